The van der Waals surface area contributed by atoms with Crippen LogP contribution in [-0.4, -0.2) is 18.0 Å². The molecule has 0 N–H and O–H groups in total. The summed E-state index contributed by atoms with van der Waals surface area (Å²) in [5, 5.41) is 5.23. The van der Waals surface area contributed by atoms with Gasteiger partial charge in [-0.25, -0.2) is 9.97 Å². The van der Waals surface area contributed by atoms with Crippen LogP contribution in [0.2, 0.25) is 13.1 Å². The zero-order valence-corrected chi connectivity index (χ0v) is 34.1. The van der Waals surface area contributed by atoms with E-state index < -0.39 is 8.07 Å². The van der Waals surface area contributed by atoms with Crippen LogP contribution in [-0.2, 0) is 0 Å². The average molecular weight is 775 g/mol. The van der Waals surface area contributed by atoms with E-state index in [1.807, 2.05) is 11.3 Å². The van der Waals surface area contributed by atoms with Gasteiger partial charge >= 0.3 is 0 Å². The van der Waals surface area contributed by atoms with Crippen LogP contribution in [0.25, 0.3) is 98.6 Å². The quantitative estimate of drug-likeness (QED) is 0.157. The normalized spacial score (nSPS) is 12.8. The summed E-state index contributed by atoms with van der Waals surface area (Å²) in [4.78, 5) is 11.1. The maximum Gasteiger partial charge on any atom is 0.161 e. The monoisotopic (exact) mass is 774 g/mol. The number of hydrogen-bond acceptors (Lipinski definition) is 3. The first kappa shape index (κ1) is 34.5. The summed E-state index contributed by atoms with van der Waals surface area (Å²) in [5.41, 5.74) is 15.1. The van der Waals surface area contributed by atoms with E-state index in [0.717, 1.165) is 33.9 Å². The Bertz CT molecular complexity index is 3140. The molecule has 0 bridgehead atoms. The van der Waals surface area contributed by atoms with Crippen molar-refractivity contribution in [3.05, 3.63) is 194 Å². The highest BCUT2D eigenvalue weighted by Gasteiger charge is 2.41. The molecule has 58 heavy (non-hydrogen) atoms. The Hall–Kier alpha value is -6.72. The molecule has 0 spiro atoms. The molecule has 0 aliphatic carbocycles. The molecule has 0 fully saturated rings. The van der Waals surface area contributed by atoms with Crippen molar-refractivity contribution in [2.75, 3.05) is 0 Å². The van der Waals surface area contributed by atoms with Crippen molar-refractivity contribution in [2.45, 2.75) is 13.1 Å². The highest BCUT2D eigenvalue weighted by atomic mass is 32.1. The van der Waals surface area contributed by atoms with E-state index in [2.05, 4.69) is 207 Å². The molecule has 4 heteroatoms. The van der Waals surface area contributed by atoms with Crippen molar-refractivity contribution >= 4 is 50.0 Å². The molecule has 274 valence electrons. The van der Waals surface area contributed by atoms with Gasteiger partial charge in [0.15, 0.2) is 5.82 Å². The fraction of sp³-hybridized carbons (Fsp3) is 0.0370. The lowest BCUT2D eigenvalue weighted by Crippen LogP contribution is -2.50. The molecule has 0 saturated heterocycles. The van der Waals surface area contributed by atoms with E-state index >= 15 is 0 Å². The number of nitrogens with zero attached hydrogens (tertiary/aromatic N) is 2. The first-order chi connectivity index (χ1) is 28.5. The third-order valence-corrected chi connectivity index (χ3v) is 16.5. The molecule has 0 saturated carbocycles. The molecule has 3 heterocycles. The van der Waals surface area contributed by atoms with Gasteiger partial charge in [-0.05, 0) is 103 Å². The Morgan fingerprint density at radius 2 is 0.845 bits per heavy atom. The van der Waals surface area contributed by atoms with Crippen LogP contribution >= 0.6 is 11.3 Å². The Balaban J connectivity index is 1.07. The first-order valence-electron chi connectivity index (χ1n) is 19.9. The standard InChI is InChI=1S/C54H38N2SSi/c1-58(2)49-29-12-10-25-45(49)52-53(58)51(55-54(56-52)46-26-15-28-48-50(46)44-24-9-11-27-47(44)57-48)40-23-14-21-38(31-40)37-20-13-22-39(30-37)43-33-41(35-16-5-3-6-17-35)32-42(34-43)36-18-7-4-8-19-36/h3-34H,1-2H3. The Labute approximate surface area is 343 Å². The van der Waals surface area contributed by atoms with Crippen LogP contribution in [0.4, 0.5) is 0 Å². The van der Waals surface area contributed by atoms with Crippen molar-refractivity contribution in [2.24, 2.45) is 0 Å². The summed E-state index contributed by atoms with van der Waals surface area (Å²) in [6.07, 6.45) is 0. The van der Waals surface area contributed by atoms with Crippen molar-refractivity contribution in [3.8, 4) is 78.4 Å². The van der Waals surface area contributed by atoms with Crippen LogP contribution in [0.3, 0.4) is 0 Å². The largest absolute Gasteiger partial charge is 0.228 e. The van der Waals surface area contributed by atoms with Crippen LogP contribution in [0.15, 0.2) is 194 Å². The van der Waals surface area contributed by atoms with Crippen LogP contribution < -0.4 is 10.4 Å². The number of rotatable bonds is 6. The van der Waals surface area contributed by atoms with E-state index in [1.54, 1.807) is 0 Å². The molecule has 1 aliphatic rings. The van der Waals surface area contributed by atoms with E-state index in [1.165, 1.54) is 75.1 Å². The lowest BCUT2D eigenvalue weighted by molar-refractivity contribution is 1.21. The molecule has 0 radical (unpaired) electrons. The van der Waals surface area contributed by atoms with Crippen molar-refractivity contribution < 1.29 is 0 Å². The number of benzene rings is 8. The van der Waals surface area contributed by atoms with Gasteiger partial charge in [0.2, 0.25) is 0 Å². The summed E-state index contributed by atoms with van der Waals surface area (Å²) >= 11 is 1.83. The second-order valence-electron chi connectivity index (χ2n) is 15.8. The Morgan fingerprint density at radius 3 is 1.55 bits per heavy atom. The lowest BCUT2D eigenvalue weighted by Gasteiger charge is -2.22. The van der Waals surface area contributed by atoms with Gasteiger partial charge in [-0.15, -0.1) is 11.3 Å². The van der Waals surface area contributed by atoms with Gasteiger partial charge in [-0.3, -0.25) is 0 Å². The summed E-state index contributed by atoms with van der Waals surface area (Å²) in [7, 11) is -2.16. The van der Waals surface area contributed by atoms with Gasteiger partial charge in [0.05, 0.1) is 11.4 Å². The zero-order valence-electron chi connectivity index (χ0n) is 32.3. The van der Waals surface area contributed by atoms with E-state index in [4.69, 9.17) is 9.97 Å². The number of hydrogen-bond donors (Lipinski definition) is 0. The predicted molar refractivity (Wildman–Crippen MR) is 250 cm³/mol. The van der Waals surface area contributed by atoms with Gasteiger partial charge < -0.3 is 0 Å². The summed E-state index contributed by atoms with van der Waals surface area (Å²) in [5.74, 6) is 0.782. The molecular formula is C54H38N2SSi. The van der Waals surface area contributed by atoms with Crippen molar-refractivity contribution in [3.63, 3.8) is 0 Å². The molecule has 11 rings (SSSR count). The molecule has 0 unspecified atom stereocenters. The van der Waals surface area contributed by atoms with E-state index in [0.29, 0.717) is 0 Å². The van der Waals surface area contributed by atoms with Gasteiger partial charge in [-0.2, -0.15) is 0 Å². The van der Waals surface area contributed by atoms with Gasteiger partial charge in [0.25, 0.3) is 0 Å². The molecular weight excluding hydrogens is 737 g/mol. The summed E-state index contributed by atoms with van der Waals surface area (Å²) in [6.45, 7) is 4.91. The Kier molecular flexibility index (Phi) is 8.17. The fourth-order valence-corrected chi connectivity index (χ4v) is 13.4. The van der Waals surface area contributed by atoms with Gasteiger partial charge in [-0.1, -0.05) is 165 Å². The minimum absolute atomic E-state index is 0.782. The third-order valence-electron chi connectivity index (χ3n) is 11.8. The molecule has 0 amide bonds. The predicted octanol–water partition coefficient (Wildman–Crippen LogP) is 13.6. The summed E-state index contributed by atoms with van der Waals surface area (Å²) < 4.78 is 2.54. The van der Waals surface area contributed by atoms with E-state index in [-0.39, 0.29) is 0 Å². The first-order valence-corrected chi connectivity index (χ1v) is 23.7. The molecule has 0 atom stereocenters. The average Bonchev–Trinajstić information content (AvgIpc) is 3.78. The highest BCUT2D eigenvalue weighted by Crippen LogP contribution is 2.41. The lowest BCUT2D eigenvalue weighted by atomic mass is 9.92. The minimum Gasteiger partial charge on any atom is -0.228 e. The van der Waals surface area contributed by atoms with Crippen LogP contribution in [0, 0.1) is 0 Å². The number of thiophene rings is 1. The molecule has 2 aromatic heterocycles. The smallest absolute Gasteiger partial charge is 0.161 e. The van der Waals surface area contributed by atoms with Gasteiger partial charge in [0, 0.05) is 31.3 Å². The summed E-state index contributed by atoms with van der Waals surface area (Å²) in [6, 6.07) is 70.5. The van der Waals surface area contributed by atoms with Crippen LogP contribution in [0.5, 0.6) is 0 Å². The molecule has 1 aliphatic heterocycles. The topological polar surface area (TPSA) is 25.8 Å². The van der Waals surface area contributed by atoms with Crippen molar-refractivity contribution in [1.29, 1.82) is 0 Å². The maximum atomic E-state index is 5.61. The number of aromatic nitrogens is 2. The molecule has 8 aromatic carbocycles. The second-order valence-corrected chi connectivity index (χ2v) is 21.1. The third kappa shape index (κ3) is 5.75. The SMILES string of the molecule is C[Si]1(C)c2ccccc2-c2nc(-c3cccc4sc5ccccc5c34)nc(-c3cccc(-c4cccc(-c5cc(-c6ccccc6)cc(-c6ccccc6)c5)c4)c3)c21. The highest BCUT2D eigenvalue weighted by molar-refractivity contribution is 7.26. The maximum absolute atomic E-state index is 5.61. The second kappa shape index (κ2) is 13.7. The van der Waals surface area contributed by atoms with E-state index in [9.17, 15) is 0 Å². The van der Waals surface area contributed by atoms with Crippen LogP contribution in [0.1, 0.15) is 0 Å². The van der Waals surface area contributed by atoms with Crippen molar-refractivity contribution in [1.82, 2.24) is 9.97 Å². The molecule has 10 aromatic rings. The Morgan fingerprint density at radius 1 is 0.379 bits per heavy atom. The van der Waals surface area contributed by atoms with Gasteiger partial charge in [0.1, 0.15) is 8.07 Å². The zero-order chi connectivity index (χ0) is 38.8. The number of fused-ring (bicyclic) bond motifs is 6. The fourth-order valence-electron chi connectivity index (χ4n) is 9.02. The minimum atomic E-state index is -2.16. The molecule has 2 nitrogen and oxygen atoms in total.